The molecule has 0 amide bonds. The third kappa shape index (κ3) is 8.28. The average molecular weight is 449 g/mol. The van der Waals surface area contributed by atoms with Crippen molar-refractivity contribution >= 4 is 41.4 Å². The second-order valence-corrected chi connectivity index (χ2v) is 7.75. The van der Waals surface area contributed by atoms with Crippen LogP contribution in [0, 0.1) is 0 Å². The quantitative estimate of drug-likeness (QED) is 0.363. The Balaban J connectivity index is 3.27. The second-order valence-electron chi connectivity index (χ2n) is 6.62. The number of ether oxygens (including phenoxy) is 5. The largest absolute Gasteiger partial charge is 0.463 e. The molecule has 0 aromatic rings. The van der Waals surface area contributed by atoms with Crippen LogP contribution < -0.4 is 5.73 Å². The highest BCUT2D eigenvalue weighted by Gasteiger charge is 2.52. The van der Waals surface area contributed by atoms with Crippen LogP contribution in [0.3, 0.4) is 0 Å². The smallest absolute Gasteiger partial charge is 0.303 e. The first kappa shape index (κ1) is 25.9. The molecule has 0 bridgehead atoms. The molecule has 1 fully saturated rings. The molecule has 1 saturated heterocycles. The van der Waals surface area contributed by atoms with Crippen LogP contribution >= 0.6 is 11.8 Å². The van der Waals surface area contributed by atoms with Gasteiger partial charge in [0.1, 0.15) is 23.9 Å². The lowest BCUT2D eigenvalue weighted by Gasteiger charge is -2.44. The Bertz CT molecular complexity index is 669. The van der Waals surface area contributed by atoms with Crippen LogP contribution in [0.2, 0.25) is 0 Å². The topological polar surface area (TPSA) is 158 Å². The van der Waals surface area contributed by atoms with E-state index in [9.17, 15) is 24.0 Å². The monoisotopic (exact) mass is 449 g/mol. The van der Waals surface area contributed by atoms with Gasteiger partial charge in [0.05, 0.1) is 6.04 Å². The minimum Gasteiger partial charge on any atom is -0.463 e. The molecule has 0 aromatic carbocycles. The Kier molecular flexibility index (Phi) is 10.2. The van der Waals surface area contributed by atoms with Crippen molar-refractivity contribution in [3.8, 4) is 0 Å². The average Bonchev–Trinajstić information content (AvgIpc) is 2.60. The standard InChI is InChI=1S/C18H27NO10S/c1-8(20)13(19)7-30-18-17(28-12(5)24)16(27-11(4)23)15(26-10(3)22)14(29-18)6-25-9(2)21/h13-18H,6-7,19H2,1-5H3. The summed E-state index contributed by atoms with van der Waals surface area (Å²) in [6.07, 6.45) is -4.66. The summed E-state index contributed by atoms with van der Waals surface area (Å²) in [6, 6.07) is -0.804. The molecule has 30 heavy (non-hydrogen) atoms. The number of esters is 4. The van der Waals surface area contributed by atoms with Gasteiger partial charge in [-0.2, -0.15) is 0 Å². The summed E-state index contributed by atoms with van der Waals surface area (Å²) >= 11 is 1.06. The number of hydrogen-bond donors (Lipinski definition) is 1. The number of carbonyl (C=O) groups is 5. The first-order chi connectivity index (χ1) is 13.9. The molecule has 170 valence electrons. The Morgan fingerprint density at radius 2 is 1.33 bits per heavy atom. The van der Waals surface area contributed by atoms with E-state index in [0.717, 1.165) is 32.5 Å². The second kappa shape index (κ2) is 11.9. The fourth-order valence-electron chi connectivity index (χ4n) is 2.64. The van der Waals surface area contributed by atoms with E-state index < -0.39 is 59.8 Å². The maximum absolute atomic E-state index is 11.7. The molecular formula is C18H27NO10S. The molecule has 1 aliphatic rings. The summed E-state index contributed by atoms with van der Waals surface area (Å²) in [5, 5.41) is 0. The van der Waals surface area contributed by atoms with Crippen molar-refractivity contribution in [2.75, 3.05) is 12.4 Å². The van der Waals surface area contributed by atoms with Crippen LogP contribution in [0.15, 0.2) is 0 Å². The van der Waals surface area contributed by atoms with Crippen molar-refractivity contribution in [3.05, 3.63) is 0 Å². The van der Waals surface area contributed by atoms with Gasteiger partial charge in [-0.05, 0) is 6.92 Å². The minimum atomic E-state index is -1.24. The molecule has 0 radical (unpaired) electrons. The fourth-order valence-corrected chi connectivity index (χ4v) is 3.89. The molecule has 6 unspecified atom stereocenters. The van der Waals surface area contributed by atoms with Crippen molar-refractivity contribution in [2.45, 2.75) is 70.5 Å². The van der Waals surface area contributed by atoms with Crippen molar-refractivity contribution in [1.29, 1.82) is 0 Å². The predicted molar refractivity (Wildman–Crippen MR) is 103 cm³/mol. The lowest BCUT2D eigenvalue weighted by molar-refractivity contribution is -0.237. The van der Waals surface area contributed by atoms with Gasteiger partial charge in [-0.1, -0.05) is 0 Å². The molecule has 6 atom stereocenters. The molecule has 0 aliphatic carbocycles. The molecule has 1 heterocycles. The van der Waals surface area contributed by atoms with Gasteiger partial charge >= 0.3 is 23.9 Å². The van der Waals surface area contributed by atoms with Crippen LogP contribution in [0.25, 0.3) is 0 Å². The molecular weight excluding hydrogens is 422 g/mol. The first-order valence-electron chi connectivity index (χ1n) is 9.10. The van der Waals surface area contributed by atoms with Gasteiger partial charge in [0.15, 0.2) is 18.3 Å². The SMILES string of the molecule is CC(=O)OCC1OC(SCC(N)C(C)=O)C(OC(C)=O)C(OC(C)=O)C1OC(C)=O. The van der Waals surface area contributed by atoms with Gasteiger partial charge < -0.3 is 29.4 Å². The first-order valence-corrected chi connectivity index (χ1v) is 10.1. The van der Waals surface area contributed by atoms with Crippen LogP contribution in [0.1, 0.15) is 34.6 Å². The summed E-state index contributed by atoms with van der Waals surface area (Å²) in [6.45, 7) is 5.64. The number of Topliss-reactive ketones (excluding diaryl/α,β-unsaturated/α-hetero) is 1. The van der Waals surface area contributed by atoms with Crippen molar-refractivity contribution in [2.24, 2.45) is 5.73 Å². The molecule has 0 spiro atoms. The molecule has 12 heteroatoms. The fraction of sp³-hybridized carbons (Fsp3) is 0.722. The van der Waals surface area contributed by atoms with Gasteiger partial charge in [-0.25, -0.2) is 0 Å². The molecule has 1 aliphatic heterocycles. The van der Waals surface area contributed by atoms with Crippen molar-refractivity contribution < 1.29 is 47.7 Å². The maximum atomic E-state index is 11.7. The molecule has 11 nitrogen and oxygen atoms in total. The molecule has 1 rings (SSSR count). The van der Waals surface area contributed by atoms with E-state index in [0.29, 0.717) is 0 Å². The maximum Gasteiger partial charge on any atom is 0.303 e. The summed E-state index contributed by atoms with van der Waals surface area (Å²) < 4.78 is 26.7. The van der Waals surface area contributed by atoms with E-state index in [1.165, 1.54) is 13.8 Å². The lowest BCUT2D eigenvalue weighted by Crippen LogP contribution is -2.61. The van der Waals surface area contributed by atoms with E-state index in [-0.39, 0.29) is 18.1 Å². The van der Waals surface area contributed by atoms with E-state index in [4.69, 9.17) is 29.4 Å². The third-order valence-electron chi connectivity index (χ3n) is 3.91. The lowest BCUT2D eigenvalue weighted by atomic mass is 9.99. The van der Waals surface area contributed by atoms with Crippen molar-refractivity contribution in [3.63, 3.8) is 0 Å². The number of nitrogens with two attached hydrogens (primary N) is 1. The molecule has 2 N–H and O–H groups in total. The minimum absolute atomic E-state index is 0.114. The Morgan fingerprint density at radius 3 is 1.80 bits per heavy atom. The van der Waals surface area contributed by atoms with Gasteiger partial charge in [-0.3, -0.25) is 24.0 Å². The molecule has 0 saturated carbocycles. The van der Waals surface area contributed by atoms with E-state index in [1.54, 1.807) is 0 Å². The predicted octanol–water partition coefficient (Wildman–Crippen LogP) is -0.281. The summed E-state index contributed by atoms with van der Waals surface area (Å²) in [5.41, 5.74) is 4.82. The van der Waals surface area contributed by atoms with Gasteiger partial charge in [0.25, 0.3) is 0 Å². The van der Waals surface area contributed by atoms with E-state index in [2.05, 4.69) is 0 Å². The zero-order valence-electron chi connectivity index (χ0n) is 17.4. The zero-order valence-corrected chi connectivity index (χ0v) is 18.3. The Hall–Kier alpha value is -2.18. The highest BCUT2D eigenvalue weighted by Crippen LogP contribution is 2.34. The highest BCUT2D eigenvalue weighted by molar-refractivity contribution is 7.99. The van der Waals surface area contributed by atoms with Crippen LogP contribution in [-0.2, 0) is 47.7 Å². The van der Waals surface area contributed by atoms with Gasteiger partial charge in [-0.15, -0.1) is 11.8 Å². The van der Waals surface area contributed by atoms with Crippen molar-refractivity contribution in [1.82, 2.24) is 0 Å². The molecule has 0 aromatic heterocycles. The summed E-state index contributed by atoms with van der Waals surface area (Å²) in [4.78, 5) is 57.7. The number of hydrogen-bond acceptors (Lipinski definition) is 12. The normalized spacial score (nSPS) is 26.8. The van der Waals surface area contributed by atoms with Crippen LogP contribution in [-0.4, -0.2) is 77.9 Å². The Labute approximate surface area is 178 Å². The highest BCUT2D eigenvalue weighted by atomic mass is 32.2. The summed E-state index contributed by atoms with van der Waals surface area (Å²) in [7, 11) is 0. The number of carbonyl (C=O) groups excluding carboxylic acids is 5. The van der Waals surface area contributed by atoms with E-state index in [1.807, 2.05) is 0 Å². The summed E-state index contributed by atoms with van der Waals surface area (Å²) in [5.74, 6) is -2.86. The third-order valence-corrected chi connectivity index (χ3v) is 5.17. The van der Waals surface area contributed by atoms with Gasteiger partial charge in [0.2, 0.25) is 0 Å². The zero-order chi connectivity index (χ0) is 23.0. The number of thioether (sulfide) groups is 1. The van der Waals surface area contributed by atoms with Crippen LogP contribution in [0.4, 0.5) is 0 Å². The van der Waals surface area contributed by atoms with Crippen LogP contribution in [0.5, 0.6) is 0 Å². The number of ketones is 1. The number of rotatable bonds is 9. The van der Waals surface area contributed by atoms with E-state index >= 15 is 0 Å². The van der Waals surface area contributed by atoms with Gasteiger partial charge in [0, 0.05) is 33.4 Å². The Morgan fingerprint density at radius 1 is 0.833 bits per heavy atom.